The summed E-state index contributed by atoms with van der Waals surface area (Å²) in [6.45, 7) is 8.49. The van der Waals surface area contributed by atoms with E-state index in [4.69, 9.17) is 0 Å². The lowest BCUT2D eigenvalue weighted by atomic mass is 10.1. The van der Waals surface area contributed by atoms with E-state index >= 15 is 0 Å². The van der Waals surface area contributed by atoms with Gasteiger partial charge in [-0.15, -0.1) is 0 Å². The highest BCUT2D eigenvalue weighted by molar-refractivity contribution is 5.95. The number of amides is 2. The van der Waals surface area contributed by atoms with Gasteiger partial charge in [-0.3, -0.25) is 9.59 Å². The molecule has 2 aromatic carbocycles. The maximum absolute atomic E-state index is 12.3. The Kier molecular flexibility index (Phi) is 6.34. The van der Waals surface area contributed by atoms with E-state index in [1.54, 1.807) is 11.8 Å². The van der Waals surface area contributed by atoms with Gasteiger partial charge in [-0.2, -0.15) is 0 Å². The maximum atomic E-state index is 12.3. The standard InChI is InChI=1S/C21H26N2O2/c1-5-18-7-10-20(11-8-18)23(17(4)24)13-12-22-21(25)19-9-6-15(2)16(3)14-19/h6-11,14H,5,12-13H2,1-4H3,(H,22,25). The lowest BCUT2D eigenvalue weighted by Gasteiger charge is -2.21. The second-order valence-corrected chi connectivity index (χ2v) is 6.25. The Morgan fingerprint density at radius 1 is 1.00 bits per heavy atom. The molecule has 0 aromatic heterocycles. The Morgan fingerprint density at radius 3 is 2.24 bits per heavy atom. The fourth-order valence-electron chi connectivity index (χ4n) is 2.65. The maximum Gasteiger partial charge on any atom is 0.251 e. The van der Waals surface area contributed by atoms with Crippen LogP contribution in [0.5, 0.6) is 0 Å². The first-order valence-electron chi connectivity index (χ1n) is 8.65. The Balaban J connectivity index is 1.97. The number of rotatable bonds is 6. The van der Waals surface area contributed by atoms with E-state index < -0.39 is 0 Å². The summed E-state index contributed by atoms with van der Waals surface area (Å²) in [5.41, 5.74) is 4.98. The number of nitrogens with zero attached hydrogens (tertiary/aromatic N) is 1. The quantitative estimate of drug-likeness (QED) is 0.874. The van der Waals surface area contributed by atoms with Crippen molar-refractivity contribution in [1.29, 1.82) is 0 Å². The highest BCUT2D eigenvalue weighted by Gasteiger charge is 2.12. The average molecular weight is 338 g/mol. The second-order valence-electron chi connectivity index (χ2n) is 6.25. The van der Waals surface area contributed by atoms with Gasteiger partial charge in [0.1, 0.15) is 0 Å². The largest absolute Gasteiger partial charge is 0.350 e. The van der Waals surface area contributed by atoms with Gasteiger partial charge in [-0.1, -0.05) is 25.1 Å². The van der Waals surface area contributed by atoms with Gasteiger partial charge in [0.25, 0.3) is 5.91 Å². The number of benzene rings is 2. The van der Waals surface area contributed by atoms with Gasteiger partial charge in [0.2, 0.25) is 5.91 Å². The first-order chi connectivity index (χ1) is 11.9. The van der Waals surface area contributed by atoms with Gasteiger partial charge in [-0.25, -0.2) is 0 Å². The fraction of sp³-hybridized carbons (Fsp3) is 0.333. The van der Waals surface area contributed by atoms with Crippen molar-refractivity contribution in [3.63, 3.8) is 0 Å². The van der Waals surface area contributed by atoms with Gasteiger partial charge in [-0.05, 0) is 61.2 Å². The minimum Gasteiger partial charge on any atom is -0.350 e. The Labute approximate surface area is 149 Å². The molecule has 0 aliphatic carbocycles. The molecule has 0 spiro atoms. The molecule has 2 aromatic rings. The zero-order valence-electron chi connectivity index (χ0n) is 15.4. The second kappa shape index (κ2) is 8.47. The van der Waals surface area contributed by atoms with Gasteiger partial charge >= 0.3 is 0 Å². The molecule has 0 aliphatic heterocycles. The van der Waals surface area contributed by atoms with Crippen LogP contribution in [-0.4, -0.2) is 24.9 Å². The van der Waals surface area contributed by atoms with Crippen molar-refractivity contribution in [3.05, 3.63) is 64.7 Å². The molecule has 0 saturated carbocycles. The van der Waals surface area contributed by atoms with Crippen LogP contribution >= 0.6 is 0 Å². The summed E-state index contributed by atoms with van der Waals surface area (Å²) in [5, 5.41) is 2.89. The summed E-state index contributed by atoms with van der Waals surface area (Å²) in [5.74, 6) is -0.155. The van der Waals surface area contributed by atoms with Crippen LogP contribution in [0.3, 0.4) is 0 Å². The molecule has 0 fully saturated rings. The molecule has 132 valence electrons. The molecule has 0 bridgehead atoms. The Bertz CT molecular complexity index is 751. The molecule has 0 aliphatic rings. The van der Waals surface area contributed by atoms with E-state index in [0.29, 0.717) is 18.7 Å². The summed E-state index contributed by atoms with van der Waals surface area (Å²) >= 11 is 0. The van der Waals surface area contributed by atoms with Crippen LogP contribution in [0.2, 0.25) is 0 Å². The number of hydrogen-bond acceptors (Lipinski definition) is 2. The van der Waals surface area contributed by atoms with E-state index in [0.717, 1.165) is 23.2 Å². The molecule has 0 radical (unpaired) electrons. The normalized spacial score (nSPS) is 10.4. The van der Waals surface area contributed by atoms with Crippen LogP contribution in [-0.2, 0) is 11.2 Å². The van der Waals surface area contributed by atoms with Crippen molar-refractivity contribution in [1.82, 2.24) is 5.32 Å². The third kappa shape index (κ3) is 4.92. The van der Waals surface area contributed by atoms with Gasteiger partial charge in [0, 0.05) is 31.3 Å². The average Bonchev–Trinajstić information content (AvgIpc) is 2.60. The number of carbonyl (C=O) groups is 2. The van der Waals surface area contributed by atoms with Crippen molar-refractivity contribution in [3.8, 4) is 0 Å². The molecule has 2 amide bonds. The lowest BCUT2D eigenvalue weighted by Crippen LogP contribution is -2.37. The van der Waals surface area contributed by atoms with Crippen LogP contribution in [0.15, 0.2) is 42.5 Å². The summed E-state index contributed by atoms with van der Waals surface area (Å²) in [4.78, 5) is 25.9. The van der Waals surface area contributed by atoms with E-state index in [1.165, 1.54) is 5.56 Å². The molecular weight excluding hydrogens is 312 g/mol. The third-order valence-electron chi connectivity index (χ3n) is 4.43. The van der Waals surface area contributed by atoms with Crippen molar-refractivity contribution in [2.45, 2.75) is 34.1 Å². The fourth-order valence-corrected chi connectivity index (χ4v) is 2.65. The van der Waals surface area contributed by atoms with Crippen molar-refractivity contribution in [2.24, 2.45) is 0 Å². The zero-order chi connectivity index (χ0) is 18.4. The van der Waals surface area contributed by atoms with Crippen molar-refractivity contribution < 1.29 is 9.59 Å². The number of anilines is 1. The first kappa shape index (κ1) is 18.7. The molecule has 0 unspecified atom stereocenters. The highest BCUT2D eigenvalue weighted by atomic mass is 16.2. The summed E-state index contributed by atoms with van der Waals surface area (Å²) in [6, 6.07) is 13.6. The molecule has 0 heterocycles. The van der Waals surface area contributed by atoms with Gasteiger partial charge in [0.05, 0.1) is 0 Å². The van der Waals surface area contributed by atoms with Crippen LogP contribution in [0.25, 0.3) is 0 Å². The predicted molar refractivity (Wildman–Crippen MR) is 102 cm³/mol. The van der Waals surface area contributed by atoms with Crippen LogP contribution in [0.1, 0.15) is 40.9 Å². The number of hydrogen-bond donors (Lipinski definition) is 1. The van der Waals surface area contributed by atoms with E-state index in [9.17, 15) is 9.59 Å². The monoisotopic (exact) mass is 338 g/mol. The van der Waals surface area contributed by atoms with Crippen LogP contribution in [0, 0.1) is 13.8 Å². The molecule has 4 heteroatoms. The minimum absolute atomic E-state index is 0.0373. The molecule has 1 N–H and O–H groups in total. The number of carbonyl (C=O) groups excluding carboxylic acids is 2. The van der Waals surface area contributed by atoms with Crippen LogP contribution < -0.4 is 10.2 Å². The Morgan fingerprint density at radius 2 is 1.68 bits per heavy atom. The lowest BCUT2D eigenvalue weighted by molar-refractivity contribution is -0.116. The predicted octanol–water partition coefficient (Wildman–Crippen LogP) is 3.65. The van der Waals surface area contributed by atoms with E-state index in [2.05, 4.69) is 12.2 Å². The van der Waals surface area contributed by atoms with Crippen LogP contribution in [0.4, 0.5) is 5.69 Å². The summed E-state index contributed by atoms with van der Waals surface area (Å²) in [7, 11) is 0. The first-order valence-corrected chi connectivity index (χ1v) is 8.65. The Hall–Kier alpha value is -2.62. The topological polar surface area (TPSA) is 49.4 Å². The zero-order valence-corrected chi connectivity index (χ0v) is 15.4. The molecule has 2 rings (SSSR count). The molecular formula is C21H26N2O2. The summed E-state index contributed by atoms with van der Waals surface area (Å²) in [6.07, 6.45) is 0.965. The van der Waals surface area contributed by atoms with Gasteiger partial charge < -0.3 is 10.2 Å². The third-order valence-corrected chi connectivity index (χ3v) is 4.43. The molecule has 0 saturated heterocycles. The van der Waals surface area contributed by atoms with Crippen molar-refractivity contribution >= 4 is 17.5 Å². The van der Waals surface area contributed by atoms with Crippen molar-refractivity contribution in [2.75, 3.05) is 18.0 Å². The molecule has 0 atom stereocenters. The molecule has 25 heavy (non-hydrogen) atoms. The number of nitrogens with one attached hydrogen (secondary N) is 1. The van der Waals surface area contributed by atoms with E-state index in [1.807, 2.05) is 56.3 Å². The smallest absolute Gasteiger partial charge is 0.251 e. The van der Waals surface area contributed by atoms with E-state index in [-0.39, 0.29) is 11.8 Å². The SMILES string of the molecule is CCc1ccc(N(CCNC(=O)c2ccc(C)c(C)c2)C(C)=O)cc1. The minimum atomic E-state index is -0.118. The highest BCUT2D eigenvalue weighted by Crippen LogP contribution is 2.16. The molecule has 4 nitrogen and oxygen atoms in total. The van der Waals surface area contributed by atoms with Gasteiger partial charge in [0.15, 0.2) is 0 Å². The number of aryl methyl sites for hydroxylation is 3. The summed E-state index contributed by atoms with van der Waals surface area (Å²) < 4.78 is 0.